The second kappa shape index (κ2) is 5.31. The molecule has 0 aliphatic rings. The van der Waals surface area contributed by atoms with Crippen LogP contribution in [-0.4, -0.2) is 0 Å². The second-order valence-electron chi connectivity index (χ2n) is 2.61. The Hall–Kier alpha value is 1.17. The van der Waals surface area contributed by atoms with Crippen LogP contribution in [0.15, 0.2) is 45.8 Å². The van der Waals surface area contributed by atoms with Gasteiger partial charge in [0.15, 0.2) is 0 Å². The largest absolute Gasteiger partial charge is 1.00 e. The van der Waals surface area contributed by atoms with Gasteiger partial charge in [0.2, 0.25) is 0 Å². The zero-order chi connectivity index (χ0) is 8.55. The quantitative estimate of drug-likeness (QED) is 0.540. The van der Waals surface area contributed by atoms with Gasteiger partial charge in [-0.25, -0.2) is 0 Å². The predicted molar refractivity (Wildman–Crippen MR) is 60.0 cm³/mol. The molecule has 3 heteroatoms. The number of halogens is 1. The molecule has 2 aromatic carbocycles. The summed E-state index contributed by atoms with van der Waals surface area (Å²) in [7, 11) is 0. The van der Waals surface area contributed by atoms with Crippen LogP contribution >= 0.6 is 28.6 Å². The third-order valence-electron chi connectivity index (χ3n) is 1.85. The molecular formula is C10H8BrKS. The Balaban J connectivity index is 0.000000845. The summed E-state index contributed by atoms with van der Waals surface area (Å²) < 4.78 is 1.12. The third kappa shape index (κ3) is 2.59. The fraction of sp³-hybridized carbons (Fsp3) is 0. The number of fused-ring (bicyclic) bond motifs is 1. The molecule has 0 aromatic heterocycles. The van der Waals surface area contributed by atoms with E-state index in [1.54, 1.807) is 0 Å². The van der Waals surface area contributed by atoms with Gasteiger partial charge in [-0.3, -0.25) is 0 Å². The molecule has 0 bridgehead atoms. The monoisotopic (exact) mass is 278 g/mol. The molecule has 0 saturated carbocycles. The van der Waals surface area contributed by atoms with Crippen LogP contribution in [0, 0.1) is 0 Å². The minimum atomic E-state index is 0. The molecule has 0 unspecified atom stereocenters. The molecule has 0 saturated heterocycles. The minimum absolute atomic E-state index is 0. The standard InChI is InChI=1S/C10H7BrS.K.H/c11-9-5-6-10(12)8-4-2-1-3-7(8)9;;/h1-6,12H;;/q;+1;-1. The van der Waals surface area contributed by atoms with Crippen LogP contribution in [0.2, 0.25) is 0 Å². The molecule has 0 aliphatic carbocycles. The first-order chi connectivity index (χ1) is 5.79. The summed E-state index contributed by atoms with van der Waals surface area (Å²) in [5.41, 5.74) is 0. The molecule has 0 spiro atoms. The average molecular weight is 279 g/mol. The molecule has 0 nitrogen and oxygen atoms in total. The SMILES string of the molecule is Sc1ccc(Br)c2ccccc12.[H-].[K+]. The van der Waals surface area contributed by atoms with Crippen LogP contribution < -0.4 is 51.4 Å². The summed E-state index contributed by atoms with van der Waals surface area (Å²) in [5, 5.41) is 2.40. The first kappa shape index (κ1) is 12.2. The fourth-order valence-corrected chi connectivity index (χ4v) is 1.99. The minimum Gasteiger partial charge on any atom is -1.00 e. The maximum atomic E-state index is 4.38. The van der Waals surface area contributed by atoms with Crippen LogP contribution in [0.5, 0.6) is 0 Å². The first-order valence-electron chi connectivity index (χ1n) is 3.65. The summed E-state index contributed by atoms with van der Waals surface area (Å²) in [4.78, 5) is 1.02. The summed E-state index contributed by atoms with van der Waals surface area (Å²) in [6.07, 6.45) is 0. The number of benzene rings is 2. The molecule has 0 heterocycles. The van der Waals surface area contributed by atoms with Gasteiger partial charge in [0.05, 0.1) is 0 Å². The zero-order valence-electron chi connectivity index (χ0n) is 8.29. The van der Waals surface area contributed by atoms with Crippen molar-refractivity contribution >= 4 is 39.3 Å². The van der Waals surface area contributed by atoms with Gasteiger partial charge in [0, 0.05) is 9.37 Å². The van der Waals surface area contributed by atoms with Crippen molar-refractivity contribution in [3.8, 4) is 0 Å². The molecule has 0 aliphatic heterocycles. The maximum Gasteiger partial charge on any atom is 1.00 e. The molecule has 62 valence electrons. The van der Waals surface area contributed by atoms with Gasteiger partial charge < -0.3 is 1.43 Å². The van der Waals surface area contributed by atoms with Crippen molar-refractivity contribution in [1.29, 1.82) is 0 Å². The molecule has 2 aromatic rings. The van der Waals surface area contributed by atoms with E-state index in [4.69, 9.17) is 0 Å². The van der Waals surface area contributed by atoms with Crippen molar-refractivity contribution in [1.82, 2.24) is 0 Å². The molecule has 0 radical (unpaired) electrons. The van der Waals surface area contributed by atoms with Gasteiger partial charge in [-0.15, -0.1) is 12.6 Å². The third-order valence-corrected chi connectivity index (χ3v) is 2.93. The van der Waals surface area contributed by atoms with E-state index in [2.05, 4.69) is 40.7 Å². The van der Waals surface area contributed by atoms with Gasteiger partial charge in [-0.1, -0.05) is 40.2 Å². The van der Waals surface area contributed by atoms with Crippen molar-refractivity contribution in [3.63, 3.8) is 0 Å². The second-order valence-corrected chi connectivity index (χ2v) is 3.95. The van der Waals surface area contributed by atoms with E-state index in [1.165, 1.54) is 10.8 Å². The van der Waals surface area contributed by atoms with Crippen LogP contribution in [-0.2, 0) is 0 Å². The predicted octanol–water partition coefficient (Wildman–Crippen LogP) is 1.01. The number of thiol groups is 1. The Morgan fingerprint density at radius 2 is 1.62 bits per heavy atom. The Labute approximate surface area is 136 Å². The van der Waals surface area contributed by atoms with Crippen molar-refractivity contribution < 1.29 is 52.8 Å². The summed E-state index contributed by atoms with van der Waals surface area (Å²) in [6.45, 7) is 0. The first-order valence-corrected chi connectivity index (χ1v) is 4.89. The van der Waals surface area contributed by atoms with E-state index in [0.29, 0.717) is 0 Å². The number of rotatable bonds is 0. The van der Waals surface area contributed by atoms with Gasteiger partial charge in [0.1, 0.15) is 0 Å². The Morgan fingerprint density at radius 3 is 2.23 bits per heavy atom. The Morgan fingerprint density at radius 1 is 1.00 bits per heavy atom. The van der Waals surface area contributed by atoms with Crippen molar-refractivity contribution in [2.75, 3.05) is 0 Å². The van der Waals surface area contributed by atoms with Crippen LogP contribution in [0.4, 0.5) is 0 Å². The van der Waals surface area contributed by atoms with Crippen molar-refractivity contribution in [2.24, 2.45) is 0 Å². The fourth-order valence-electron chi connectivity index (χ4n) is 1.25. The number of hydrogen-bond donors (Lipinski definition) is 1. The summed E-state index contributed by atoms with van der Waals surface area (Å²) >= 11 is 7.87. The summed E-state index contributed by atoms with van der Waals surface area (Å²) in [5.74, 6) is 0. The van der Waals surface area contributed by atoms with E-state index in [9.17, 15) is 0 Å². The maximum absolute atomic E-state index is 4.38. The van der Waals surface area contributed by atoms with Crippen LogP contribution in [0.3, 0.4) is 0 Å². The van der Waals surface area contributed by atoms with Gasteiger partial charge >= 0.3 is 51.4 Å². The van der Waals surface area contributed by atoms with Crippen molar-refractivity contribution in [3.05, 3.63) is 40.9 Å². The Bertz CT molecular complexity index is 393. The van der Waals surface area contributed by atoms with E-state index in [-0.39, 0.29) is 52.8 Å². The molecule has 2 rings (SSSR count). The Kier molecular flexibility index (Phi) is 4.99. The average Bonchev–Trinajstić information content (AvgIpc) is 2.12. The van der Waals surface area contributed by atoms with E-state index in [0.717, 1.165) is 9.37 Å². The zero-order valence-corrected chi connectivity index (χ0v) is 12.9. The van der Waals surface area contributed by atoms with Crippen molar-refractivity contribution in [2.45, 2.75) is 4.90 Å². The van der Waals surface area contributed by atoms with E-state index in [1.807, 2.05) is 24.3 Å². The van der Waals surface area contributed by atoms with E-state index >= 15 is 0 Å². The number of hydrogen-bond acceptors (Lipinski definition) is 1. The van der Waals surface area contributed by atoms with Crippen LogP contribution in [0.1, 0.15) is 1.43 Å². The topological polar surface area (TPSA) is 0 Å². The van der Waals surface area contributed by atoms with E-state index < -0.39 is 0 Å². The van der Waals surface area contributed by atoms with Gasteiger partial charge in [-0.05, 0) is 22.9 Å². The van der Waals surface area contributed by atoms with Crippen LogP contribution in [0.25, 0.3) is 10.8 Å². The summed E-state index contributed by atoms with van der Waals surface area (Å²) in [6, 6.07) is 12.2. The molecular weight excluding hydrogens is 271 g/mol. The van der Waals surface area contributed by atoms with Gasteiger partial charge in [0.25, 0.3) is 0 Å². The molecule has 0 N–H and O–H groups in total. The van der Waals surface area contributed by atoms with Gasteiger partial charge in [-0.2, -0.15) is 0 Å². The molecule has 0 amide bonds. The molecule has 0 fully saturated rings. The smallest absolute Gasteiger partial charge is 1.00 e. The molecule has 13 heavy (non-hydrogen) atoms. The molecule has 0 atom stereocenters. The normalized spacial score (nSPS) is 9.69.